The van der Waals surface area contributed by atoms with Crippen molar-refractivity contribution in [3.63, 3.8) is 0 Å². The second-order valence-corrected chi connectivity index (χ2v) is 4.88. The number of rotatable bonds is 6. The highest BCUT2D eigenvalue weighted by molar-refractivity contribution is 5.85. The van der Waals surface area contributed by atoms with Gasteiger partial charge in [0.25, 0.3) is 0 Å². The van der Waals surface area contributed by atoms with E-state index in [1.54, 1.807) is 0 Å². The van der Waals surface area contributed by atoms with Crippen LogP contribution in [0.5, 0.6) is 0 Å². The third kappa shape index (κ3) is 7.63. The molecule has 0 saturated carbocycles. The van der Waals surface area contributed by atoms with E-state index >= 15 is 0 Å². The molecule has 0 heterocycles. The summed E-state index contributed by atoms with van der Waals surface area (Å²) in [5, 5.41) is 2.91. The molecule has 0 rings (SSSR count). The maximum absolute atomic E-state index is 11.7. The number of hydrogen-bond acceptors (Lipinski definition) is 2. The van der Waals surface area contributed by atoms with Crippen molar-refractivity contribution in [2.45, 2.75) is 40.5 Å². The molecule has 0 aliphatic heterocycles. The summed E-state index contributed by atoms with van der Waals surface area (Å²) in [6.45, 7) is 9.57. The van der Waals surface area contributed by atoms with Crippen molar-refractivity contribution < 1.29 is 4.79 Å². The minimum Gasteiger partial charge on any atom is -0.356 e. The lowest BCUT2D eigenvalue weighted by molar-refractivity contribution is -0.130. The zero-order valence-corrected chi connectivity index (χ0v) is 11.1. The molecule has 0 aromatic heterocycles. The molecular weight excluding hydrogens is 212 g/mol. The molecule has 0 unspecified atom stereocenters. The number of amides is 1. The molecule has 0 bridgehead atoms. The molecule has 0 aliphatic rings. The van der Waals surface area contributed by atoms with Crippen LogP contribution in [0.15, 0.2) is 0 Å². The van der Waals surface area contributed by atoms with Crippen LogP contribution in [0, 0.1) is 11.3 Å². The van der Waals surface area contributed by atoms with Crippen LogP contribution in [0.1, 0.15) is 40.5 Å². The number of halogens is 1. The predicted molar refractivity (Wildman–Crippen MR) is 67.2 cm³/mol. The molecule has 0 atom stereocenters. The van der Waals surface area contributed by atoms with E-state index in [0.29, 0.717) is 19.0 Å². The van der Waals surface area contributed by atoms with Crippen LogP contribution in [0.4, 0.5) is 0 Å². The van der Waals surface area contributed by atoms with Crippen LogP contribution in [0.3, 0.4) is 0 Å². The lowest BCUT2D eigenvalue weighted by Gasteiger charge is -2.25. The highest BCUT2D eigenvalue weighted by Gasteiger charge is 2.27. The third-order valence-corrected chi connectivity index (χ3v) is 2.20. The largest absolute Gasteiger partial charge is 0.356 e. The van der Waals surface area contributed by atoms with Crippen LogP contribution in [0.2, 0.25) is 0 Å². The van der Waals surface area contributed by atoms with Crippen molar-refractivity contribution in [1.29, 1.82) is 0 Å². The van der Waals surface area contributed by atoms with Gasteiger partial charge in [0.1, 0.15) is 0 Å². The SMILES string of the molecule is CC(C)CC(C)(C)C(=O)NCCCN.Cl. The van der Waals surface area contributed by atoms with Crippen LogP contribution in [-0.4, -0.2) is 19.0 Å². The number of hydrogen-bond donors (Lipinski definition) is 2. The van der Waals surface area contributed by atoms with Gasteiger partial charge in [-0.05, 0) is 25.3 Å². The molecule has 0 spiro atoms. The van der Waals surface area contributed by atoms with Gasteiger partial charge in [-0.3, -0.25) is 4.79 Å². The molecule has 0 radical (unpaired) electrons. The third-order valence-electron chi connectivity index (χ3n) is 2.20. The summed E-state index contributed by atoms with van der Waals surface area (Å²) in [7, 11) is 0. The van der Waals surface area contributed by atoms with E-state index in [1.807, 2.05) is 13.8 Å². The fourth-order valence-electron chi connectivity index (χ4n) is 1.66. The Morgan fingerprint density at radius 1 is 1.40 bits per heavy atom. The Labute approximate surface area is 99.6 Å². The van der Waals surface area contributed by atoms with Gasteiger partial charge in [-0.1, -0.05) is 27.7 Å². The monoisotopic (exact) mass is 236 g/mol. The zero-order valence-electron chi connectivity index (χ0n) is 10.3. The van der Waals surface area contributed by atoms with E-state index in [4.69, 9.17) is 5.73 Å². The molecule has 92 valence electrons. The predicted octanol–water partition coefficient (Wildman–Crippen LogP) is 1.95. The van der Waals surface area contributed by atoms with E-state index in [0.717, 1.165) is 12.8 Å². The molecular formula is C11H25ClN2O. The Balaban J connectivity index is 0. The minimum absolute atomic E-state index is 0. The second kappa shape index (κ2) is 7.94. The molecule has 1 amide bonds. The summed E-state index contributed by atoms with van der Waals surface area (Å²) in [5.41, 5.74) is 5.09. The summed E-state index contributed by atoms with van der Waals surface area (Å²) in [5.74, 6) is 0.685. The fourth-order valence-corrected chi connectivity index (χ4v) is 1.66. The first-order valence-corrected chi connectivity index (χ1v) is 5.38. The van der Waals surface area contributed by atoms with Gasteiger partial charge in [-0.15, -0.1) is 12.4 Å². The van der Waals surface area contributed by atoms with Crippen LogP contribution >= 0.6 is 12.4 Å². The van der Waals surface area contributed by atoms with Gasteiger partial charge < -0.3 is 11.1 Å². The number of nitrogens with one attached hydrogen (secondary N) is 1. The molecule has 0 saturated heterocycles. The molecule has 0 fully saturated rings. The van der Waals surface area contributed by atoms with E-state index in [1.165, 1.54) is 0 Å². The van der Waals surface area contributed by atoms with Gasteiger partial charge in [0.15, 0.2) is 0 Å². The number of carbonyl (C=O) groups excluding carboxylic acids is 1. The van der Waals surface area contributed by atoms with E-state index < -0.39 is 0 Å². The summed E-state index contributed by atoms with van der Waals surface area (Å²) >= 11 is 0. The van der Waals surface area contributed by atoms with Gasteiger partial charge >= 0.3 is 0 Å². The Bertz CT molecular complexity index is 181. The Morgan fingerprint density at radius 2 is 1.93 bits per heavy atom. The average molecular weight is 237 g/mol. The lowest BCUT2D eigenvalue weighted by Crippen LogP contribution is -2.38. The van der Waals surface area contributed by atoms with E-state index in [9.17, 15) is 4.79 Å². The van der Waals surface area contributed by atoms with Crippen LogP contribution in [-0.2, 0) is 4.79 Å². The highest BCUT2D eigenvalue weighted by Crippen LogP contribution is 2.25. The minimum atomic E-state index is -0.261. The number of nitrogens with two attached hydrogens (primary N) is 1. The standard InChI is InChI=1S/C11H24N2O.ClH/c1-9(2)8-11(3,4)10(14)13-7-5-6-12;/h9H,5-8,12H2,1-4H3,(H,13,14);1H. The smallest absolute Gasteiger partial charge is 0.225 e. The summed E-state index contributed by atoms with van der Waals surface area (Å²) < 4.78 is 0. The molecule has 3 nitrogen and oxygen atoms in total. The Morgan fingerprint density at radius 3 is 2.33 bits per heavy atom. The van der Waals surface area contributed by atoms with Gasteiger partial charge in [0, 0.05) is 12.0 Å². The lowest BCUT2D eigenvalue weighted by atomic mass is 9.83. The second-order valence-electron chi connectivity index (χ2n) is 4.88. The molecule has 15 heavy (non-hydrogen) atoms. The van der Waals surface area contributed by atoms with Crippen molar-refractivity contribution in [3.8, 4) is 0 Å². The first-order valence-electron chi connectivity index (χ1n) is 5.38. The van der Waals surface area contributed by atoms with Gasteiger partial charge in [-0.2, -0.15) is 0 Å². The van der Waals surface area contributed by atoms with E-state index in [-0.39, 0.29) is 23.7 Å². The van der Waals surface area contributed by atoms with Gasteiger partial charge in [0.05, 0.1) is 0 Å². The van der Waals surface area contributed by atoms with Gasteiger partial charge in [-0.25, -0.2) is 0 Å². The molecule has 4 heteroatoms. The Hall–Kier alpha value is -0.280. The number of carbonyl (C=O) groups is 1. The Kier molecular flexibility index (Phi) is 9.07. The molecule has 0 aromatic carbocycles. The summed E-state index contributed by atoms with van der Waals surface area (Å²) in [6.07, 6.45) is 1.77. The molecule has 0 aliphatic carbocycles. The van der Waals surface area contributed by atoms with Crippen LogP contribution in [0.25, 0.3) is 0 Å². The highest BCUT2D eigenvalue weighted by atomic mass is 35.5. The fraction of sp³-hybridized carbons (Fsp3) is 0.909. The maximum Gasteiger partial charge on any atom is 0.225 e. The van der Waals surface area contributed by atoms with Crippen molar-refractivity contribution in [1.82, 2.24) is 5.32 Å². The maximum atomic E-state index is 11.7. The topological polar surface area (TPSA) is 55.1 Å². The average Bonchev–Trinajstić information content (AvgIpc) is 2.02. The first kappa shape index (κ1) is 17.1. The first-order chi connectivity index (χ1) is 6.40. The summed E-state index contributed by atoms with van der Waals surface area (Å²) in [4.78, 5) is 11.7. The van der Waals surface area contributed by atoms with Gasteiger partial charge in [0.2, 0.25) is 5.91 Å². The quantitative estimate of drug-likeness (QED) is 0.693. The molecule has 3 N–H and O–H groups in total. The van der Waals surface area contributed by atoms with Crippen molar-refractivity contribution in [2.75, 3.05) is 13.1 Å². The zero-order chi connectivity index (χ0) is 11.2. The van der Waals surface area contributed by atoms with Crippen molar-refractivity contribution in [3.05, 3.63) is 0 Å². The van der Waals surface area contributed by atoms with E-state index in [2.05, 4.69) is 19.2 Å². The van der Waals surface area contributed by atoms with Crippen LogP contribution < -0.4 is 11.1 Å². The van der Waals surface area contributed by atoms with Crippen molar-refractivity contribution >= 4 is 18.3 Å². The van der Waals surface area contributed by atoms with Crippen molar-refractivity contribution in [2.24, 2.45) is 17.1 Å². The normalized spacial score (nSPS) is 11.1. The summed E-state index contributed by atoms with van der Waals surface area (Å²) in [6, 6.07) is 0. The molecule has 0 aromatic rings.